The summed E-state index contributed by atoms with van der Waals surface area (Å²) in [7, 11) is 1.41. The molecule has 0 radical (unpaired) electrons. The van der Waals surface area contributed by atoms with Crippen molar-refractivity contribution in [1.82, 2.24) is 0 Å². The summed E-state index contributed by atoms with van der Waals surface area (Å²) in [6.45, 7) is 0. The molecule has 0 aromatic heterocycles. The van der Waals surface area contributed by atoms with Crippen LogP contribution in [0.2, 0.25) is 10.0 Å². The Hall–Kier alpha value is -2.90. The first kappa shape index (κ1) is 21.3. The van der Waals surface area contributed by atoms with Crippen molar-refractivity contribution in [3.8, 4) is 5.75 Å². The quantitative estimate of drug-likeness (QED) is 0.447. The molecule has 7 nitrogen and oxygen atoms in total. The van der Waals surface area contributed by atoms with Gasteiger partial charge in [-0.2, -0.15) is 0 Å². The number of nitrogens with zero attached hydrogens (tertiary/aromatic N) is 2. The zero-order valence-electron chi connectivity index (χ0n) is 16.6. The number of allylic oxidation sites excluding steroid dienone is 2. The molecule has 0 bridgehead atoms. The molecule has 1 amide bonds. The lowest BCUT2D eigenvalue weighted by atomic mass is 9.77. The van der Waals surface area contributed by atoms with Gasteiger partial charge in [-0.3, -0.25) is 24.6 Å². The summed E-state index contributed by atoms with van der Waals surface area (Å²) in [6.07, 6.45) is 1.31. The minimum atomic E-state index is -0.560. The largest absolute Gasteiger partial charge is 0.496 e. The lowest BCUT2D eigenvalue weighted by molar-refractivity contribution is -0.384. The number of amides is 1. The average molecular weight is 461 g/mol. The van der Waals surface area contributed by atoms with E-state index in [1.807, 2.05) is 0 Å². The number of Topliss-reactive ketones (excluding diaryl/α,β-unsaturated/α-hetero) is 1. The van der Waals surface area contributed by atoms with Crippen LogP contribution in [0.3, 0.4) is 0 Å². The SMILES string of the molecule is COc1ccc(N2C(=O)CC(c3cccc(Cl)c3Cl)C3=C2CCCC3=O)c([N+](=O)[O-])c1. The van der Waals surface area contributed by atoms with Crippen molar-refractivity contribution in [3.63, 3.8) is 0 Å². The maximum Gasteiger partial charge on any atom is 0.297 e. The highest BCUT2D eigenvalue weighted by molar-refractivity contribution is 6.42. The molecule has 0 fully saturated rings. The Morgan fingerprint density at radius 3 is 2.65 bits per heavy atom. The van der Waals surface area contributed by atoms with Gasteiger partial charge in [0, 0.05) is 30.0 Å². The first-order chi connectivity index (χ1) is 14.8. The van der Waals surface area contributed by atoms with E-state index in [-0.39, 0.29) is 29.5 Å². The molecule has 1 unspecified atom stereocenters. The molecule has 1 atom stereocenters. The van der Waals surface area contributed by atoms with Crippen molar-refractivity contribution in [2.24, 2.45) is 0 Å². The highest BCUT2D eigenvalue weighted by atomic mass is 35.5. The summed E-state index contributed by atoms with van der Waals surface area (Å²) in [5.74, 6) is -0.675. The Morgan fingerprint density at radius 2 is 1.94 bits per heavy atom. The Bertz CT molecular complexity index is 1140. The summed E-state index contributed by atoms with van der Waals surface area (Å²) < 4.78 is 5.10. The van der Waals surface area contributed by atoms with Crippen LogP contribution in [0, 0.1) is 10.1 Å². The molecule has 2 aromatic carbocycles. The van der Waals surface area contributed by atoms with Crippen molar-refractivity contribution in [2.75, 3.05) is 12.0 Å². The van der Waals surface area contributed by atoms with Gasteiger partial charge in [0.25, 0.3) is 5.69 Å². The number of hydrogen-bond acceptors (Lipinski definition) is 5. The van der Waals surface area contributed by atoms with Gasteiger partial charge in [0.15, 0.2) is 5.78 Å². The fourth-order valence-electron chi connectivity index (χ4n) is 4.29. The van der Waals surface area contributed by atoms with Crippen LogP contribution in [0.4, 0.5) is 11.4 Å². The molecule has 2 aromatic rings. The van der Waals surface area contributed by atoms with E-state index in [1.54, 1.807) is 24.3 Å². The predicted molar refractivity (Wildman–Crippen MR) is 117 cm³/mol. The Balaban J connectivity index is 1.92. The third-order valence-electron chi connectivity index (χ3n) is 5.65. The second-order valence-corrected chi connectivity index (χ2v) is 8.16. The molecule has 0 saturated carbocycles. The van der Waals surface area contributed by atoms with E-state index in [0.29, 0.717) is 51.9 Å². The van der Waals surface area contributed by atoms with Crippen LogP contribution in [0.1, 0.15) is 37.2 Å². The number of benzene rings is 2. The van der Waals surface area contributed by atoms with Crippen LogP contribution in [-0.4, -0.2) is 23.7 Å². The van der Waals surface area contributed by atoms with Crippen LogP contribution in [0.25, 0.3) is 0 Å². The second-order valence-electron chi connectivity index (χ2n) is 7.38. The number of ketones is 1. The zero-order valence-corrected chi connectivity index (χ0v) is 18.1. The number of hydrogen-bond donors (Lipinski definition) is 0. The number of anilines is 1. The Labute approximate surface area is 188 Å². The first-order valence-corrected chi connectivity index (χ1v) is 10.4. The number of rotatable bonds is 4. The monoisotopic (exact) mass is 460 g/mol. The number of carbonyl (C=O) groups excluding carboxylic acids is 2. The maximum absolute atomic E-state index is 13.3. The molecular weight excluding hydrogens is 443 g/mol. The minimum absolute atomic E-state index is 0.0478. The normalized spacial score (nSPS) is 18.8. The molecule has 1 aliphatic carbocycles. The average Bonchev–Trinajstić information content (AvgIpc) is 2.75. The van der Waals surface area contributed by atoms with Crippen LogP contribution < -0.4 is 9.64 Å². The van der Waals surface area contributed by atoms with E-state index in [9.17, 15) is 19.7 Å². The first-order valence-electron chi connectivity index (χ1n) is 9.69. The molecule has 4 rings (SSSR count). The number of nitro groups is 1. The minimum Gasteiger partial charge on any atom is -0.496 e. The van der Waals surface area contributed by atoms with Gasteiger partial charge in [0.2, 0.25) is 5.91 Å². The summed E-state index contributed by atoms with van der Waals surface area (Å²) in [4.78, 5) is 38.8. The highest BCUT2D eigenvalue weighted by Gasteiger charge is 2.42. The second kappa shape index (κ2) is 8.32. The number of halogens is 2. The van der Waals surface area contributed by atoms with E-state index in [2.05, 4.69) is 0 Å². The molecule has 0 spiro atoms. The zero-order chi connectivity index (χ0) is 22.3. The number of methoxy groups -OCH3 is 1. The number of carbonyl (C=O) groups is 2. The van der Waals surface area contributed by atoms with E-state index in [4.69, 9.17) is 27.9 Å². The van der Waals surface area contributed by atoms with Crippen LogP contribution in [-0.2, 0) is 9.59 Å². The van der Waals surface area contributed by atoms with Crippen molar-refractivity contribution >= 4 is 46.3 Å². The third kappa shape index (κ3) is 3.68. The van der Waals surface area contributed by atoms with Gasteiger partial charge < -0.3 is 4.74 Å². The third-order valence-corrected chi connectivity index (χ3v) is 6.49. The smallest absolute Gasteiger partial charge is 0.297 e. The Morgan fingerprint density at radius 1 is 1.16 bits per heavy atom. The molecule has 0 N–H and O–H groups in total. The van der Waals surface area contributed by atoms with E-state index >= 15 is 0 Å². The highest BCUT2D eigenvalue weighted by Crippen LogP contribution is 2.47. The standard InChI is InChI=1S/C22H18Cl2N2O5/c1-31-12-8-9-16(18(10-12)26(29)30)25-17-6-3-7-19(27)21(17)14(11-20(25)28)13-4-2-5-15(23)22(13)24/h2,4-5,8-10,14H,3,6-7,11H2,1H3. The van der Waals surface area contributed by atoms with Crippen LogP contribution in [0.5, 0.6) is 5.75 Å². The van der Waals surface area contributed by atoms with Crippen LogP contribution >= 0.6 is 23.2 Å². The van der Waals surface area contributed by atoms with E-state index < -0.39 is 10.8 Å². The fraction of sp³-hybridized carbons (Fsp3) is 0.273. The maximum atomic E-state index is 13.3. The summed E-state index contributed by atoms with van der Waals surface area (Å²) in [5, 5.41) is 12.4. The van der Waals surface area contributed by atoms with Gasteiger partial charge in [-0.25, -0.2) is 0 Å². The lowest BCUT2D eigenvalue weighted by Gasteiger charge is -2.38. The molecule has 2 aliphatic rings. The van der Waals surface area contributed by atoms with Crippen molar-refractivity contribution in [2.45, 2.75) is 31.6 Å². The van der Waals surface area contributed by atoms with Gasteiger partial charge in [0.1, 0.15) is 11.4 Å². The fourth-order valence-corrected chi connectivity index (χ4v) is 4.73. The van der Waals surface area contributed by atoms with Gasteiger partial charge in [-0.05, 0) is 36.6 Å². The Kier molecular flexibility index (Phi) is 5.73. The van der Waals surface area contributed by atoms with E-state index in [0.717, 1.165) is 0 Å². The van der Waals surface area contributed by atoms with Gasteiger partial charge in [-0.1, -0.05) is 35.3 Å². The predicted octanol–water partition coefficient (Wildman–Crippen LogP) is 5.44. The van der Waals surface area contributed by atoms with Gasteiger partial charge in [-0.15, -0.1) is 0 Å². The summed E-state index contributed by atoms with van der Waals surface area (Å²) in [6, 6.07) is 9.43. The van der Waals surface area contributed by atoms with Crippen molar-refractivity contribution in [1.29, 1.82) is 0 Å². The molecular formula is C22H18Cl2N2O5. The molecule has 9 heteroatoms. The molecule has 1 aliphatic heterocycles. The van der Waals surface area contributed by atoms with Crippen LogP contribution in [0.15, 0.2) is 47.7 Å². The number of nitro benzene ring substituents is 1. The molecule has 0 saturated heterocycles. The summed E-state index contributed by atoms with van der Waals surface area (Å²) >= 11 is 12.6. The summed E-state index contributed by atoms with van der Waals surface area (Å²) in [5.41, 5.74) is 1.42. The van der Waals surface area contributed by atoms with Crippen molar-refractivity contribution < 1.29 is 19.2 Å². The van der Waals surface area contributed by atoms with E-state index in [1.165, 1.54) is 24.1 Å². The molecule has 31 heavy (non-hydrogen) atoms. The van der Waals surface area contributed by atoms with Gasteiger partial charge >= 0.3 is 0 Å². The van der Waals surface area contributed by atoms with Gasteiger partial charge in [0.05, 0.1) is 28.1 Å². The molecule has 1 heterocycles. The lowest BCUT2D eigenvalue weighted by Crippen LogP contribution is -2.40. The number of ether oxygens (including phenoxy) is 1. The topological polar surface area (TPSA) is 89.8 Å². The van der Waals surface area contributed by atoms with Crippen molar-refractivity contribution in [3.05, 3.63) is 73.4 Å². The molecule has 160 valence electrons.